The lowest BCUT2D eigenvalue weighted by Gasteiger charge is -2.46. The number of carbonyl (C=O) groups is 4. The average molecular weight is 551 g/mol. The van der Waals surface area contributed by atoms with Gasteiger partial charge in [-0.25, -0.2) is 4.79 Å². The van der Waals surface area contributed by atoms with Crippen LogP contribution in [0.3, 0.4) is 0 Å². The van der Waals surface area contributed by atoms with E-state index in [0.717, 1.165) is 11.4 Å². The molecular weight excluding hydrogens is 516 g/mol. The number of allylic oxidation sites excluding steroid dienone is 1. The van der Waals surface area contributed by atoms with Crippen molar-refractivity contribution in [2.45, 2.75) is 45.1 Å². The van der Waals surface area contributed by atoms with Gasteiger partial charge in [0.2, 0.25) is 0 Å². The number of Topliss-reactive ketones (excluding diaryl/α,β-unsaturated/α-hetero) is 1. The van der Waals surface area contributed by atoms with Crippen molar-refractivity contribution < 1.29 is 23.9 Å². The zero-order valence-electron chi connectivity index (χ0n) is 23.7. The van der Waals surface area contributed by atoms with E-state index in [4.69, 9.17) is 0 Å². The van der Waals surface area contributed by atoms with Crippen LogP contribution in [-0.4, -0.2) is 42.1 Å². The van der Waals surface area contributed by atoms with Crippen molar-refractivity contribution in [1.29, 1.82) is 0 Å². The molecule has 1 fully saturated rings. The largest absolute Gasteiger partial charge is 0.465 e. The molecule has 0 N–H and O–H groups in total. The van der Waals surface area contributed by atoms with Crippen LogP contribution in [0.4, 0.5) is 5.69 Å². The molecule has 3 aromatic carbocycles. The van der Waals surface area contributed by atoms with Crippen LogP contribution in [0.5, 0.6) is 0 Å². The van der Waals surface area contributed by atoms with Crippen molar-refractivity contribution in [1.82, 2.24) is 4.90 Å². The molecule has 6 rings (SSSR count). The van der Waals surface area contributed by atoms with Gasteiger partial charge in [-0.05, 0) is 55.2 Å². The second-order valence-corrected chi connectivity index (χ2v) is 11.1. The molecule has 2 unspecified atom stereocenters. The van der Waals surface area contributed by atoms with Gasteiger partial charge in [-0.2, -0.15) is 0 Å². The summed E-state index contributed by atoms with van der Waals surface area (Å²) in [6.45, 7) is 8.89. The summed E-state index contributed by atoms with van der Waals surface area (Å²) in [5.41, 5.74) is 6.31. The van der Waals surface area contributed by atoms with Crippen LogP contribution in [-0.2, 0) is 21.5 Å². The van der Waals surface area contributed by atoms with Gasteiger partial charge in [-0.3, -0.25) is 19.3 Å². The molecule has 2 heterocycles. The number of imide groups is 1. The first-order valence-electron chi connectivity index (χ1n) is 13.8. The van der Waals surface area contributed by atoms with E-state index in [-0.39, 0.29) is 34.4 Å². The molecule has 1 saturated carbocycles. The van der Waals surface area contributed by atoms with Crippen LogP contribution in [0.25, 0.3) is 0 Å². The highest BCUT2D eigenvalue weighted by Gasteiger charge is 2.47. The minimum atomic E-state index is -0.590. The van der Waals surface area contributed by atoms with Crippen molar-refractivity contribution in [2.24, 2.45) is 5.92 Å². The lowest BCUT2D eigenvalue weighted by atomic mass is 9.69. The smallest absolute Gasteiger partial charge is 0.337 e. The third kappa shape index (κ3) is 5.08. The summed E-state index contributed by atoms with van der Waals surface area (Å²) in [6.07, 6.45) is 3.87. The molecule has 7 nitrogen and oxygen atoms in total. The van der Waals surface area contributed by atoms with Gasteiger partial charge < -0.3 is 9.64 Å². The molecule has 0 aromatic heterocycles. The first-order valence-corrected chi connectivity index (χ1v) is 13.8. The zero-order valence-corrected chi connectivity index (χ0v) is 23.7. The number of ether oxygens (including phenoxy) is 1. The van der Waals surface area contributed by atoms with Crippen LogP contribution >= 0.6 is 0 Å². The van der Waals surface area contributed by atoms with Gasteiger partial charge in [0.1, 0.15) is 5.78 Å². The van der Waals surface area contributed by atoms with Gasteiger partial charge in [0.15, 0.2) is 0 Å². The number of benzene rings is 3. The molecule has 41 heavy (non-hydrogen) atoms. The molecule has 3 aromatic rings. The molecule has 3 aliphatic rings. The van der Waals surface area contributed by atoms with Gasteiger partial charge in [-0.15, -0.1) is 0 Å². The number of hydrogen-bond donors (Lipinski definition) is 0. The highest BCUT2D eigenvalue weighted by molar-refractivity contribution is 6.22. The fourth-order valence-electron chi connectivity index (χ4n) is 6.41. The fourth-order valence-corrected chi connectivity index (χ4v) is 6.41. The van der Waals surface area contributed by atoms with E-state index in [1.54, 1.807) is 0 Å². The summed E-state index contributed by atoms with van der Waals surface area (Å²) < 4.78 is 4.55. The number of para-hydroxylation sites is 1. The Morgan fingerprint density at radius 1 is 0.951 bits per heavy atom. The first kappa shape index (κ1) is 28.0. The number of fused-ring (bicyclic) bond motifs is 4. The van der Waals surface area contributed by atoms with Crippen LogP contribution in [0.1, 0.15) is 75.3 Å². The van der Waals surface area contributed by atoms with E-state index in [1.165, 1.54) is 74.0 Å². The van der Waals surface area contributed by atoms with Gasteiger partial charge in [0.25, 0.3) is 11.8 Å². The minimum Gasteiger partial charge on any atom is -0.465 e. The number of anilines is 1. The van der Waals surface area contributed by atoms with E-state index in [1.807, 2.05) is 0 Å². The summed E-state index contributed by atoms with van der Waals surface area (Å²) in [6, 6.07) is 23.8. The number of ketones is 1. The quantitative estimate of drug-likeness (QED) is 0.289. The Kier molecular flexibility index (Phi) is 7.63. The Morgan fingerprint density at radius 2 is 1.63 bits per heavy atom. The minimum absolute atomic E-state index is 0.120. The molecule has 7 heteroatoms. The number of rotatable bonds is 5. The average Bonchev–Trinajstić information content (AvgIpc) is 3.49. The topological polar surface area (TPSA) is 84.0 Å². The van der Waals surface area contributed by atoms with Crippen LogP contribution in [0.15, 0.2) is 85.1 Å². The van der Waals surface area contributed by atoms with Crippen molar-refractivity contribution in [3.63, 3.8) is 0 Å². The summed E-state index contributed by atoms with van der Waals surface area (Å²) >= 11 is 0. The number of esters is 1. The molecule has 0 saturated heterocycles. The molecule has 2 amide bonds. The maximum atomic E-state index is 12.0. The first-order chi connectivity index (χ1) is 19.7. The molecule has 2 aliphatic heterocycles. The van der Waals surface area contributed by atoms with Crippen molar-refractivity contribution in [3.05, 3.63) is 113 Å². The Balaban J connectivity index is 0.000000167. The number of carbonyl (C=O) groups excluding carboxylic acids is 4. The van der Waals surface area contributed by atoms with Gasteiger partial charge in [-0.1, -0.05) is 68.5 Å². The van der Waals surface area contributed by atoms with E-state index in [0.29, 0.717) is 5.92 Å². The molecule has 0 bridgehead atoms. The van der Waals surface area contributed by atoms with Gasteiger partial charge in [0, 0.05) is 29.3 Å². The van der Waals surface area contributed by atoms with Gasteiger partial charge in [0.05, 0.1) is 30.3 Å². The number of methoxy groups -OCH3 is 1. The lowest BCUT2D eigenvalue weighted by Crippen LogP contribution is -2.41. The van der Waals surface area contributed by atoms with Crippen molar-refractivity contribution in [3.8, 4) is 0 Å². The normalized spacial score (nSPS) is 20.6. The number of amides is 2. The third-order valence-electron chi connectivity index (χ3n) is 8.47. The summed E-state index contributed by atoms with van der Waals surface area (Å²) in [7, 11) is 1.23. The molecule has 210 valence electrons. The Hall–Kier alpha value is -4.52. The number of hydrogen-bond acceptors (Lipinski definition) is 6. The highest BCUT2D eigenvalue weighted by atomic mass is 16.5. The summed E-state index contributed by atoms with van der Waals surface area (Å²) in [5, 5.41) is 0. The lowest BCUT2D eigenvalue weighted by molar-refractivity contribution is -0.117. The van der Waals surface area contributed by atoms with Crippen LogP contribution in [0.2, 0.25) is 0 Å². The van der Waals surface area contributed by atoms with Crippen molar-refractivity contribution >= 4 is 29.3 Å². The zero-order chi connectivity index (χ0) is 29.3. The molecular formula is C34H34N2O5. The maximum Gasteiger partial charge on any atom is 0.337 e. The van der Waals surface area contributed by atoms with Crippen LogP contribution < -0.4 is 4.90 Å². The van der Waals surface area contributed by atoms with E-state index in [9.17, 15) is 19.2 Å². The van der Waals surface area contributed by atoms with E-state index >= 15 is 0 Å². The van der Waals surface area contributed by atoms with E-state index < -0.39 is 17.8 Å². The number of nitrogens with zero attached hydrogens (tertiary/aromatic N) is 2. The van der Waals surface area contributed by atoms with Gasteiger partial charge >= 0.3 is 5.97 Å². The Morgan fingerprint density at radius 3 is 2.34 bits per heavy atom. The monoisotopic (exact) mass is 550 g/mol. The Labute approximate surface area is 240 Å². The Bertz CT molecular complexity index is 1550. The molecule has 2 atom stereocenters. The predicted molar refractivity (Wildman–Crippen MR) is 157 cm³/mol. The summed E-state index contributed by atoms with van der Waals surface area (Å²) in [4.78, 5) is 49.7. The second-order valence-electron chi connectivity index (χ2n) is 11.1. The SMILES string of the molecule is C=C1C2CCCC2(C)c2ccccc2N1Cc1ccccc1.COC(=O)c1ccc2c(c1)C(=O)N(CC(C)=O)C2=O. The predicted octanol–water partition coefficient (Wildman–Crippen LogP) is 5.94. The maximum absolute atomic E-state index is 12.0. The second kappa shape index (κ2) is 11.2. The van der Waals surface area contributed by atoms with Crippen molar-refractivity contribution in [2.75, 3.05) is 18.6 Å². The fraction of sp³-hybridized carbons (Fsp3) is 0.294. The standard InChI is InChI=1S/C21H23N.C13H11NO5/c1-16-18-12-8-14-21(18,2)19-11-6-7-13-20(19)22(16)15-17-9-4-3-5-10-17;1-7(15)6-14-11(16)9-4-3-8(13(18)19-2)5-10(9)12(14)17/h3-7,9-11,13,18H,1,8,12,14-15H2,2H3;3-5H,6H2,1-2H3. The summed E-state index contributed by atoms with van der Waals surface area (Å²) in [5.74, 6) is -1.38. The molecule has 0 spiro atoms. The molecule has 1 aliphatic carbocycles. The van der Waals surface area contributed by atoms with Crippen LogP contribution in [0, 0.1) is 5.92 Å². The third-order valence-corrected chi connectivity index (χ3v) is 8.47. The molecule has 0 radical (unpaired) electrons. The van der Waals surface area contributed by atoms with E-state index in [2.05, 4.69) is 77.7 Å². The highest BCUT2D eigenvalue weighted by Crippen LogP contribution is 2.55.